The minimum atomic E-state index is -0.350. The Morgan fingerprint density at radius 3 is 2.60 bits per heavy atom. The SMILES string of the molecule is CC(C)Cc1nnc(NC(=O)NCC(C)CC(C)O)s1. The molecule has 0 aliphatic carbocycles. The number of urea groups is 1. The number of hydrogen-bond acceptors (Lipinski definition) is 5. The van der Waals surface area contributed by atoms with Gasteiger partial charge in [-0.25, -0.2) is 4.79 Å². The van der Waals surface area contributed by atoms with Crippen molar-refractivity contribution in [3.8, 4) is 0 Å². The van der Waals surface area contributed by atoms with E-state index in [2.05, 4.69) is 34.7 Å². The van der Waals surface area contributed by atoms with Gasteiger partial charge in [0.15, 0.2) is 0 Å². The number of carbonyl (C=O) groups is 1. The number of aliphatic hydroxyl groups excluding tert-OH is 1. The van der Waals surface area contributed by atoms with Crippen LogP contribution in [-0.4, -0.2) is 34.0 Å². The van der Waals surface area contributed by atoms with Gasteiger partial charge in [-0.3, -0.25) is 5.32 Å². The highest BCUT2D eigenvalue weighted by Gasteiger charge is 2.11. The molecule has 0 bridgehead atoms. The molecule has 1 aromatic heterocycles. The molecule has 0 aromatic carbocycles. The van der Waals surface area contributed by atoms with Crippen LogP contribution < -0.4 is 10.6 Å². The van der Waals surface area contributed by atoms with Crippen LogP contribution >= 0.6 is 11.3 Å². The molecule has 6 nitrogen and oxygen atoms in total. The highest BCUT2D eigenvalue weighted by atomic mass is 32.1. The Morgan fingerprint density at radius 1 is 1.30 bits per heavy atom. The molecule has 2 amide bonds. The summed E-state index contributed by atoms with van der Waals surface area (Å²) in [7, 11) is 0. The number of carbonyl (C=O) groups excluding carboxylic acids is 1. The number of amides is 2. The van der Waals surface area contributed by atoms with Gasteiger partial charge in [-0.1, -0.05) is 32.1 Å². The van der Waals surface area contributed by atoms with Crippen molar-refractivity contribution in [2.45, 2.75) is 46.6 Å². The number of rotatable bonds is 7. The lowest BCUT2D eigenvalue weighted by Crippen LogP contribution is -2.33. The molecule has 7 heteroatoms. The molecule has 1 aromatic rings. The summed E-state index contributed by atoms with van der Waals surface area (Å²) in [6.45, 7) is 8.48. The van der Waals surface area contributed by atoms with E-state index in [4.69, 9.17) is 0 Å². The largest absolute Gasteiger partial charge is 0.393 e. The van der Waals surface area contributed by atoms with Crippen molar-refractivity contribution >= 4 is 22.5 Å². The number of nitrogens with one attached hydrogen (secondary N) is 2. The van der Waals surface area contributed by atoms with Crippen molar-refractivity contribution in [2.75, 3.05) is 11.9 Å². The zero-order valence-corrected chi connectivity index (χ0v) is 13.3. The molecule has 0 saturated carbocycles. The Balaban J connectivity index is 2.33. The van der Waals surface area contributed by atoms with Crippen LogP contribution in [0.15, 0.2) is 0 Å². The van der Waals surface area contributed by atoms with Crippen molar-refractivity contribution in [1.29, 1.82) is 0 Å². The molecular formula is C13H24N4O2S. The lowest BCUT2D eigenvalue weighted by atomic mass is 10.1. The Morgan fingerprint density at radius 2 is 2.00 bits per heavy atom. The number of hydrogen-bond donors (Lipinski definition) is 3. The summed E-state index contributed by atoms with van der Waals surface area (Å²) in [5.74, 6) is 0.748. The first kappa shape index (κ1) is 16.8. The van der Waals surface area contributed by atoms with Crippen LogP contribution in [0.25, 0.3) is 0 Å². The topological polar surface area (TPSA) is 87.1 Å². The molecule has 1 rings (SSSR count). The Hall–Kier alpha value is -1.21. The minimum Gasteiger partial charge on any atom is -0.393 e. The average Bonchev–Trinajstić information content (AvgIpc) is 2.72. The number of nitrogens with zero attached hydrogens (tertiary/aromatic N) is 2. The molecule has 0 saturated heterocycles. The van der Waals surface area contributed by atoms with E-state index in [0.717, 1.165) is 11.4 Å². The van der Waals surface area contributed by atoms with Gasteiger partial charge in [0.1, 0.15) is 5.01 Å². The number of aromatic nitrogens is 2. The van der Waals surface area contributed by atoms with Crippen molar-refractivity contribution in [3.63, 3.8) is 0 Å². The second-order valence-electron chi connectivity index (χ2n) is 5.62. The molecule has 0 fully saturated rings. The van der Waals surface area contributed by atoms with E-state index in [0.29, 0.717) is 24.0 Å². The first-order valence-electron chi connectivity index (χ1n) is 6.92. The van der Waals surface area contributed by atoms with E-state index >= 15 is 0 Å². The van der Waals surface area contributed by atoms with Gasteiger partial charge >= 0.3 is 6.03 Å². The standard InChI is InChI=1S/C13H24N4O2S/c1-8(2)5-11-16-17-13(20-11)15-12(19)14-7-9(3)6-10(4)18/h8-10,18H,5-7H2,1-4H3,(H2,14,15,17,19). The summed E-state index contributed by atoms with van der Waals surface area (Å²) in [6.07, 6.45) is 1.18. The van der Waals surface area contributed by atoms with Crippen LogP contribution in [0.5, 0.6) is 0 Å². The van der Waals surface area contributed by atoms with Gasteiger partial charge < -0.3 is 10.4 Å². The van der Waals surface area contributed by atoms with Crippen molar-refractivity contribution < 1.29 is 9.90 Å². The van der Waals surface area contributed by atoms with Crippen LogP contribution in [0.1, 0.15) is 39.1 Å². The predicted molar refractivity (Wildman–Crippen MR) is 80.9 cm³/mol. The van der Waals surface area contributed by atoms with E-state index in [1.165, 1.54) is 11.3 Å². The fraction of sp³-hybridized carbons (Fsp3) is 0.769. The Kier molecular flexibility index (Phi) is 6.87. The highest BCUT2D eigenvalue weighted by molar-refractivity contribution is 7.15. The molecule has 0 aliphatic rings. The second-order valence-corrected chi connectivity index (χ2v) is 6.69. The van der Waals surface area contributed by atoms with Crippen LogP contribution in [-0.2, 0) is 6.42 Å². The summed E-state index contributed by atoms with van der Waals surface area (Å²) in [5, 5.41) is 24.1. The van der Waals surface area contributed by atoms with Crippen LogP contribution in [0.2, 0.25) is 0 Å². The van der Waals surface area contributed by atoms with Gasteiger partial charge in [0.05, 0.1) is 6.10 Å². The molecule has 0 aliphatic heterocycles. The fourth-order valence-corrected chi connectivity index (χ4v) is 2.76. The molecule has 2 atom stereocenters. The third-order valence-electron chi connectivity index (χ3n) is 2.62. The molecular weight excluding hydrogens is 276 g/mol. The first-order valence-corrected chi connectivity index (χ1v) is 7.73. The van der Waals surface area contributed by atoms with E-state index in [1.54, 1.807) is 6.92 Å². The Bertz CT molecular complexity index is 420. The maximum absolute atomic E-state index is 11.7. The molecule has 20 heavy (non-hydrogen) atoms. The van der Waals surface area contributed by atoms with E-state index in [1.807, 2.05) is 6.92 Å². The lowest BCUT2D eigenvalue weighted by molar-refractivity contribution is 0.163. The average molecular weight is 300 g/mol. The maximum atomic E-state index is 11.7. The zero-order chi connectivity index (χ0) is 15.1. The summed E-state index contributed by atoms with van der Waals surface area (Å²) >= 11 is 1.40. The third-order valence-corrected chi connectivity index (χ3v) is 3.49. The van der Waals surface area contributed by atoms with Gasteiger partial charge in [0.2, 0.25) is 5.13 Å². The molecule has 0 spiro atoms. The minimum absolute atomic E-state index is 0.228. The quantitative estimate of drug-likeness (QED) is 0.721. The fourth-order valence-electron chi connectivity index (χ4n) is 1.81. The highest BCUT2D eigenvalue weighted by Crippen LogP contribution is 2.18. The normalized spacial score (nSPS) is 14.1. The van der Waals surface area contributed by atoms with E-state index in [-0.39, 0.29) is 18.1 Å². The maximum Gasteiger partial charge on any atom is 0.321 e. The van der Waals surface area contributed by atoms with E-state index in [9.17, 15) is 9.90 Å². The zero-order valence-electron chi connectivity index (χ0n) is 12.5. The van der Waals surface area contributed by atoms with E-state index < -0.39 is 0 Å². The first-order chi connectivity index (χ1) is 9.36. The lowest BCUT2D eigenvalue weighted by Gasteiger charge is -2.13. The van der Waals surface area contributed by atoms with Gasteiger partial charge in [0, 0.05) is 13.0 Å². The summed E-state index contributed by atoms with van der Waals surface area (Å²) in [5.41, 5.74) is 0. The molecule has 114 valence electrons. The second kappa shape index (κ2) is 8.16. The summed E-state index contributed by atoms with van der Waals surface area (Å²) < 4.78 is 0. The molecule has 0 radical (unpaired) electrons. The molecule has 2 unspecified atom stereocenters. The van der Waals surface area contributed by atoms with Crippen LogP contribution in [0, 0.1) is 11.8 Å². The summed E-state index contributed by atoms with van der Waals surface area (Å²) in [4.78, 5) is 11.7. The summed E-state index contributed by atoms with van der Waals surface area (Å²) in [6, 6.07) is -0.283. The van der Waals surface area contributed by atoms with Crippen molar-refractivity contribution in [2.24, 2.45) is 11.8 Å². The monoisotopic (exact) mass is 300 g/mol. The van der Waals surface area contributed by atoms with Crippen molar-refractivity contribution in [1.82, 2.24) is 15.5 Å². The van der Waals surface area contributed by atoms with Gasteiger partial charge in [0.25, 0.3) is 0 Å². The predicted octanol–water partition coefficient (Wildman–Crippen LogP) is 2.27. The van der Waals surface area contributed by atoms with Crippen molar-refractivity contribution in [3.05, 3.63) is 5.01 Å². The number of anilines is 1. The smallest absolute Gasteiger partial charge is 0.321 e. The molecule has 3 N–H and O–H groups in total. The van der Waals surface area contributed by atoms with Crippen LogP contribution in [0.4, 0.5) is 9.93 Å². The van der Waals surface area contributed by atoms with Gasteiger partial charge in [-0.2, -0.15) is 0 Å². The molecule has 1 heterocycles. The third kappa shape index (κ3) is 6.81. The number of aliphatic hydroxyl groups is 1. The Labute approximate surface area is 124 Å². The van der Waals surface area contributed by atoms with Gasteiger partial charge in [-0.05, 0) is 25.2 Å². The van der Waals surface area contributed by atoms with Crippen LogP contribution in [0.3, 0.4) is 0 Å². The van der Waals surface area contributed by atoms with Gasteiger partial charge in [-0.15, -0.1) is 10.2 Å².